The summed E-state index contributed by atoms with van der Waals surface area (Å²) in [5.41, 5.74) is 5.02. The van der Waals surface area contributed by atoms with Gasteiger partial charge in [-0.15, -0.1) is 0 Å². The number of imidazole rings is 1. The molecule has 1 aliphatic rings. The third-order valence-corrected chi connectivity index (χ3v) is 5.85. The number of likely N-dealkylation sites (tertiary alicyclic amines) is 1. The van der Waals surface area contributed by atoms with Crippen LogP contribution in [0.1, 0.15) is 23.7 Å². The molecule has 2 aromatic heterocycles. The molecule has 6 heteroatoms. The number of fused-ring (bicyclic) bond motifs is 1. The summed E-state index contributed by atoms with van der Waals surface area (Å²) in [6.07, 6.45) is 6.62. The molecule has 3 heterocycles. The van der Waals surface area contributed by atoms with Gasteiger partial charge in [-0.2, -0.15) is 5.10 Å². The molecule has 6 nitrogen and oxygen atoms in total. The zero-order chi connectivity index (χ0) is 19.8. The monoisotopic (exact) mass is 385 g/mol. The molecule has 0 spiro atoms. The standard InChI is InChI=1S/C23H23N5O/c1-16-9-17(14-28(16)23(29)18-5-3-2-4-6-18)13-27-15-24-21-10-19(7-8-22(21)27)20-11-25-26-12-20/h2-8,10-12,15-17H,9,13-14H2,1H3,(H,25,26)/t16-,17?/m0/s1. The van der Waals surface area contributed by atoms with Crippen LogP contribution in [0.3, 0.4) is 0 Å². The maximum absolute atomic E-state index is 12.9. The maximum Gasteiger partial charge on any atom is 0.254 e. The van der Waals surface area contributed by atoms with Crippen LogP contribution in [-0.2, 0) is 6.54 Å². The second-order valence-electron chi connectivity index (χ2n) is 7.86. The Balaban J connectivity index is 1.33. The van der Waals surface area contributed by atoms with Crippen molar-refractivity contribution in [3.05, 3.63) is 72.8 Å². The van der Waals surface area contributed by atoms with Gasteiger partial charge in [0.05, 0.1) is 23.6 Å². The van der Waals surface area contributed by atoms with Crippen LogP contribution in [0.15, 0.2) is 67.3 Å². The zero-order valence-electron chi connectivity index (χ0n) is 16.3. The SMILES string of the molecule is C[C@H]1CC(Cn2cnc3cc(-c4cn[nH]c4)ccc32)CN1C(=O)c1ccccc1. The lowest BCUT2D eigenvalue weighted by atomic mass is 10.1. The predicted molar refractivity (Wildman–Crippen MR) is 112 cm³/mol. The predicted octanol–water partition coefficient (Wildman–Crippen LogP) is 3.98. The minimum absolute atomic E-state index is 0.126. The van der Waals surface area contributed by atoms with Crippen LogP contribution in [0.25, 0.3) is 22.2 Å². The Bertz CT molecular complexity index is 1130. The first-order chi connectivity index (χ1) is 14.2. The third-order valence-electron chi connectivity index (χ3n) is 5.85. The van der Waals surface area contributed by atoms with Crippen LogP contribution >= 0.6 is 0 Å². The van der Waals surface area contributed by atoms with E-state index < -0.39 is 0 Å². The smallest absolute Gasteiger partial charge is 0.254 e. The largest absolute Gasteiger partial charge is 0.336 e. The highest BCUT2D eigenvalue weighted by atomic mass is 16.2. The summed E-state index contributed by atoms with van der Waals surface area (Å²) in [5, 5.41) is 6.87. The molecule has 1 N–H and O–H groups in total. The van der Waals surface area contributed by atoms with Crippen molar-refractivity contribution in [2.24, 2.45) is 5.92 Å². The van der Waals surface area contributed by atoms with E-state index in [9.17, 15) is 4.79 Å². The Morgan fingerprint density at radius 1 is 1.17 bits per heavy atom. The van der Waals surface area contributed by atoms with Crippen LogP contribution in [0.2, 0.25) is 0 Å². The van der Waals surface area contributed by atoms with Gasteiger partial charge in [-0.25, -0.2) is 4.98 Å². The Morgan fingerprint density at radius 3 is 2.83 bits per heavy atom. The summed E-state index contributed by atoms with van der Waals surface area (Å²) in [6, 6.07) is 16.1. The van der Waals surface area contributed by atoms with E-state index >= 15 is 0 Å². The van der Waals surface area contributed by atoms with Crippen molar-refractivity contribution in [3.8, 4) is 11.1 Å². The van der Waals surface area contributed by atoms with Crippen LogP contribution in [0, 0.1) is 5.92 Å². The summed E-state index contributed by atoms with van der Waals surface area (Å²) in [6.45, 7) is 3.79. The molecule has 1 aliphatic heterocycles. The van der Waals surface area contributed by atoms with Gasteiger partial charge in [0.15, 0.2) is 0 Å². The Hall–Kier alpha value is -3.41. The number of aromatic amines is 1. The normalized spacial score (nSPS) is 19.1. The Kier molecular flexibility index (Phi) is 4.39. The van der Waals surface area contributed by atoms with Gasteiger partial charge in [-0.05, 0) is 49.1 Å². The lowest BCUT2D eigenvalue weighted by Crippen LogP contribution is -2.34. The lowest BCUT2D eigenvalue weighted by molar-refractivity contribution is 0.0742. The molecule has 1 amide bonds. The average molecular weight is 385 g/mol. The van der Waals surface area contributed by atoms with E-state index in [2.05, 4.69) is 44.9 Å². The molecule has 0 saturated carbocycles. The number of hydrogen-bond acceptors (Lipinski definition) is 3. The molecule has 0 bridgehead atoms. The Labute approximate surface area is 169 Å². The highest BCUT2D eigenvalue weighted by Gasteiger charge is 2.33. The second-order valence-corrected chi connectivity index (χ2v) is 7.86. The number of hydrogen-bond donors (Lipinski definition) is 1. The van der Waals surface area contributed by atoms with Crippen LogP contribution in [-0.4, -0.2) is 43.1 Å². The van der Waals surface area contributed by atoms with Crippen LogP contribution in [0.5, 0.6) is 0 Å². The first-order valence-corrected chi connectivity index (χ1v) is 9.99. The van der Waals surface area contributed by atoms with Gasteiger partial charge in [-0.1, -0.05) is 24.3 Å². The van der Waals surface area contributed by atoms with Crippen molar-refractivity contribution < 1.29 is 4.79 Å². The molecular weight excluding hydrogens is 362 g/mol. The van der Waals surface area contributed by atoms with Gasteiger partial charge in [0, 0.05) is 36.5 Å². The summed E-state index contributed by atoms with van der Waals surface area (Å²) in [4.78, 5) is 19.5. The third kappa shape index (κ3) is 3.31. The number of carbonyl (C=O) groups is 1. The molecule has 29 heavy (non-hydrogen) atoms. The van der Waals surface area contributed by atoms with E-state index in [4.69, 9.17) is 0 Å². The number of benzene rings is 2. The number of H-pyrrole nitrogens is 1. The van der Waals surface area contributed by atoms with Crippen molar-refractivity contribution in [2.45, 2.75) is 25.9 Å². The minimum atomic E-state index is 0.126. The fourth-order valence-electron chi connectivity index (χ4n) is 4.38. The number of nitrogens with zero attached hydrogens (tertiary/aromatic N) is 4. The van der Waals surface area contributed by atoms with Crippen LogP contribution < -0.4 is 0 Å². The van der Waals surface area contributed by atoms with Gasteiger partial charge in [0.25, 0.3) is 5.91 Å². The molecule has 0 radical (unpaired) electrons. The molecule has 2 atom stereocenters. The molecule has 4 aromatic rings. The zero-order valence-corrected chi connectivity index (χ0v) is 16.3. The van der Waals surface area contributed by atoms with E-state index in [0.717, 1.165) is 47.2 Å². The van der Waals surface area contributed by atoms with Gasteiger partial charge < -0.3 is 9.47 Å². The van der Waals surface area contributed by atoms with Crippen molar-refractivity contribution in [2.75, 3.05) is 6.54 Å². The Morgan fingerprint density at radius 2 is 2.03 bits per heavy atom. The number of carbonyl (C=O) groups excluding carboxylic acids is 1. The van der Waals surface area contributed by atoms with Crippen LogP contribution in [0.4, 0.5) is 0 Å². The van der Waals surface area contributed by atoms with Crippen molar-refractivity contribution in [1.29, 1.82) is 0 Å². The summed E-state index contributed by atoms with van der Waals surface area (Å²) in [5.74, 6) is 0.546. The van der Waals surface area contributed by atoms with Gasteiger partial charge in [-0.3, -0.25) is 9.89 Å². The number of rotatable bonds is 4. The average Bonchev–Trinajstić information content (AvgIpc) is 3.49. The molecule has 5 rings (SSSR count). The molecule has 1 saturated heterocycles. The lowest BCUT2D eigenvalue weighted by Gasteiger charge is -2.21. The number of amides is 1. The summed E-state index contributed by atoms with van der Waals surface area (Å²) in [7, 11) is 0. The molecule has 1 fully saturated rings. The fraction of sp³-hybridized carbons (Fsp3) is 0.261. The van der Waals surface area contributed by atoms with Gasteiger partial charge in [0.2, 0.25) is 0 Å². The van der Waals surface area contributed by atoms with E-state index in [-0.39, 0.29) is 11.9 Å². The summed E-state index contributed by atoms with van der Waals surface area (Å²) < 4.78 is 2.21. The highest BCUT2D eigenvalue weighted by molar-refractivity contribution is 5.94. The van der Waals surface area contributed by atoms with Gasteiger partial charge >= 0.3 is 0 Å². The maximum atomic E-state index is 12.9. The van der Waals surface area contributed by atoms with Gasteiger partial charge in [0.1, 0.15) is 0 Å². The molecule has 1 unspecified atom stereocenters. The van der Waals surface area contributed by atoms with E-state index in [0.29, 0.717) is 5.92 Å². The second kappa shape index (κ2) is 7.20. The molecule has 2 aromatic carbocycles. The first kappa shape index (κ1) is 17.7. The molecule has 0 aliphatic carbocycles. The van der Waals surface area contributed by atoms with E-state index in [1.807, 2.05) is 54.0 Å². The van der Waals surface area contributed by atoms with Crippen molar-refractivity contribution in [3.63, 3.8) is 0 Å². The van der Waals surface area contributed by atoms with Crippen molar-refractivity contribution in [1.82, 2.24) is 24.6 Å². The minimum Gasteiger partial charge on any atom is -0.336 e. The topological polar surface area (TPSA) is 66.8 Å². The first-order valence-electron chi connectivity index (χ1n) is 9.99. The fourth-order valence-corrected chi connectivity index (χ4v) is 4.38. The van der Waals surface area contributed by atoms with Crippen molar-refractivity contribution >= 4 is 16.9 Å². The molecule has 146 valence electrons. The number of nitrogens with one attached hydrogen (secondary N) is 1. The molecular formula is C23H23N5O. The van der Waals surface area contributed by atoms with E-state index in [1.165, 1.54) is 0 Å². The van der Waals surface area contributed by atoms with E-state index in [1.54, 1.807) is 0 Å². The summed E-state index contributed by atoms with van der Waals surface area (Å²) >= 11 is 0. The quantitative estimate of drug-likeness (QED) is 0.578. The number of aromatic nitrogens is 4. The highest BCUT2D eigenvalue weighted by Crippen LogP contribution is 2.28.